The summed E-state index contributed by atoms with van der Waals surface area (Å²) in [5, 5.41) is 17.9. The minimum absolute atomic E-state index is 0.0831. The molecular formula is C16H14N4O3. The molecule has 1 aliphatic heterocycles. The summed E-state index contributed by atoms with van der Waals surface area (Å²) in [6.07, 6.45) is 2.54. The summed E-state index contributed by atoms with van der Waals surface area (Å²) in [5.74, 6) is -0.489. The Labute approximate surface area is 132 Å². The molecule has 0 bridgehead atoms. The van der Waals surface area contributed by atoms with Gasteiger partial charge in [0, 0.05) is 13.1 Å². The average Bonchev–Trinajstić information content (AvgIpc) is 2.62. The number of rotatable bonds is 3. The van der Waals surface area contributed by atoms with Crippen molar-refractivity contribution in [2.45, 2.75) is 6.10 Å². The molecule has 0 radical (unpaired) electrons. The van der Waals surface area contributed by atoms with Gasteiger partial charge in [-0.1, -0.05) is 12.1 Å². The highest BCUT2D eigenvalue weighted by atomic mass is 16.5. The van der Waals surface area contributed by atoms with Gasteiger partial charge >= 0.3 is 5.97 Å². The van der Waals surface area contributed by atoms with Gasteiger partial charge in [-0.05, 0) is 17.7 Å². The van der Waals surface area contributed by atoms with Crippen molar-refractivity contribution in [1.29, 1.82) is 5.26 Å². The quantitative estimate of drug-likeness (QED) is 0.919. The lowest BCUT2D eigenvalue weighted by molar-refractivity contribution is 0.0394. The smallest absolute Gasteiger partial charge is 0.356 e. The van der Waals surface area contributed by atoms with Crippen LogP contribution in [0.2, 0.25) is 0 Å². The van der Waals surface area contributed by atoms with Crippen molar-refractivity contribution in [3.05, 3.63) is 53.5 Å². The van der Waals surface area contributed by atoms with Crippen LogP contribution in [-0.4, -0.2) is 40.7 Å². The maximum Gasteiger partial charge on any atom is 0.356 e. The summed E-state index contributed by atoms with van der Waals surface area (Å²) < 4.78 is 5.78. The first-order chi connectivity index (χ1) is 11.2. The second kappa shape index (κ2) is 6.42. The van der Waals surface area contributed by atoms with Crippen LogP contribution in [-0.2, 0) is 4.74 Å². The molecule has 1 aliphatic rings. The molecule has 2 heterocycles. The Morgan fingerprint density at radius 3 is 2.96 bits per heavy atom. The number of carboxylic acid groups (broad SMARTS) is 1. The van der Waals surface area contributed by atoms with Gasteiger partial charge in [-0.3, -0.25) is 0 Å². The fraction of sp³-hybridized carbons (Fsp3) is 0.250. The molecule has 1 N–H and O–H groups in total. The van der Waals surface area contributed by atoms with E-state index in [1.807, 2.05) is 23.1 Å². The molecule has 1 fully saturated rings. The molecule has 3 rings (SSSR count). The Balaban J connectivity index is 1.77. The third-order valence-electron chi connectivity index (χ3n) is 3.64. The summed E-state index contributed by atoms with van der Waals surface area (Å²) >= 11 is 0. The first kappa shape index (κ1) is 14.9. The van der Waals surface area contributed by atoms with Crippen molar-refractivity contribution in [3.63, 3.8) is 0 Å². The Morgan fingerprint density at radius 2 is 2.26 bits per heavy atom. The Bertz CT molecular complexity index is 755. The first-order valence-corrected chi connectivity index (χ1v) is 7.09. The number of benzene rings is 1. The van der Waals surface area contributed by atoms with Crippen LogP contribution in [0, 0.1) is 11.3 Å². The fourth-order valence-electron chi connectivity index (χ4n) is 2.46. The highest BCUT2D eigenvalue weighted by Crippen LogP contribution is 2.25. The zero-order valence-electron chi connectivity index (χ0n) is 12.2. The van der Waals surface area contributed by atoms with Crippen LogP contribution in [0.15, 0.2) is 36.7 Å². The van der Waals surface area contributed by atoms with E-state index >= 15 is 0 Å². The topological polar surface area (TPSA) is 99.3 Å². The largest absolute Gasteiger partial charge is 0.476 e. The van der Waals surface area contributed by atoms with Crippen LogP contribution in [0.3, 0.4) is 0 Å². The van der Waals surface area contributed by atoms with Gasteiger partial charge in [0.25, 0.3) is 0 Å². The number of hydrogen-bond acceptors (Lipinski definition) is 6. The second-order valence-electron chi connectivity index (χ2n) is 5.11. The van der Waals surface area contributed by atoms with Crippen molar-refractivity contribution in [3.8, 4) is 6.07 Å². The van der Waals surface area contributed by atoms with Gasteiger partial charge in [0.1, 0.15) is 11.9 Å². The van der Waals surface area contributed by atoms with Gasteiger partial charge in [0.2, 0.25) is 0 Å². The summed E-state index contributed by atoms with van der Waals surface area (Å²) in [6.45, 7) is 1.73. The highest BCUT2D eigenvalue weighted by molar-refractivity contribution is 5.84. The molecule has 1 aromatic carbocycles. The van der Waals surface area contributed by atoms with Gasteiger partial charge < -0.3 is 14.7 Å². The molecule has 1 aromatic heterocycles. The molecule has 0 amide bonds. The monoisotopic (exact) mass is 310 g/mol. The summed E-state index contributed by atoms with van der Waals surface area (Å²) in [7, 11) is 0. The maximum atomic E-state index is 10.8. The normalized spacial score (nSPS) is 17.5. The van der Waals surface area contributed by atoms with Crippen LogP contribution >= 0.6 is 0 Å². The lowest BCUT2D eigenvalue weighted by Crippen LogP contribution is -2.39. The SMILES string of the molecule is N#Cc1cccc(C2CN(c3cnc(C(=O)O)cn3)CCO2)c1. The van der Waals surface area contributed by atoms with Crippen LogP contribution in [0.5, 0.6) is 0 Å². The van der Waals surface area contributed by atoms with Crippen LogP contribution < -0.4 is 4.90 Å². The van der Waals surface area contributed by atoms with Crippen molar-refractivity contribution in [2.75, 3.05) is 24.6 Å². The molecular weight excluding hydrogens is 296 g/mol. The van der Waals surface area contributed by atoms with E-state index in [1.165, 1.54) is 12.4 Å². The van der Waals surface area contributed by atoms with Gasteiger partial charge in [0.05, 0.1) is 30.6 Å². The zero-order valence-corrected chi connectivity index (χ0v) is 12.2. The van der Waals surface area contributed by atoms with E-state index in [2.05, 4.69) is 16.0 Å². The van der Waals surface area contributed by atoms with E-state index in [1.54, 1.807) is 6.07 Å². The number of anilines is 1. The number of ether oxygens (including phenoxy) is 1. The Morgan fingerprint density at radius 1 is 1.39 bits per heavy atom. The van der Waals surface area contributed by atoms with Crippen LogP contribution in [0.25, 0.3) is 0 Å². The molecule has 1 atom stereocenters. The second-order valence-corrected chi connectivity index (χ2v) is 5.11. The van der Waals surface area contributed by atoms with Gasteiger partial charge in [0.15, 0.2) is 5.69 Å². The predicted octanol–water partition coefficient (Wildman–Crippen LogP) is 1.62. The minimum atomic E-state index is -1.10. The van der Waals surface area contributed by atoms with E-state index in [0.717, 1.165) is 5.56 Å². The van der Waals surface area contributed by atoms with E-state index in [4.69, 9.17) is 15.1 Å². The molecule has 7 nitrogen and oxygen atoms in total. The molecule has 116 valence electrons. The zero-order chi connectivity index (χ0) is 16.2. The van der Waals surface area contributed by atoms with Crippen LogP contribution in [0.4, 0.5) is 5.82 Å². The number of nitrogens with zero attached hydrogens (tertiary/aromatic N) is 4. The number of morpholine rings is 1. The maximum absolute atomic E-state index is 10.8. The molecule has 2 aromatic rings. The van der Waals surface area contributed by atoms with E-state index in [9.17, 15) is 4.79 Å². The molecule has 23 heavy (non-hydrogen) atoms. The summed E-state index contributed by atoms with van der Waals surface area (Å²) in [5.41, 5.74) is 1.44. The van der Waals surface area contributed by atoms with Crippen LogP contribution in [0.1, 0.15) is 27.7 Å². The Hall–Kier alpha value is -2.98. The predicted molar refractivity (Wildman–Crippen MR) is 81.1 cm³/mol. The van der Waals surface area contributed by atoms with E-state index in [0.29, 0.717) is 31.1 Å². The highest BCUT2D eigenvalue weighted by Gasteiger charge is 2.23. The third-order valence-corrected chi connectivity index (χ3v) is 3.64. The number of aromatic nitrogens is 2. The molecule has 1 unspecified atom stereocenters. The number of hydrogen-bond donors (Lipinski definition) is 1. The molecule has 1 saturated heterocycles. The van der Waals surface area contributed by atoms with Gasteiger partial charge in [-0.15, -0.1) is 0 Å². The molecule has 0 aliphatic carbocycles. The van der Waals surface area contributed by atoms with E-state index in [-0.39, 0.29) is 11.8 Å². The summed E-state index contributed by atoms with van der Waals surface area (Å²) in [6, 6.07) is 9.44. The lowest BCUT2D eigenvalue weighted by atomic mass is 10.1. The van der Waals surface area contributed by atoms with Crippen molar-refractivity contribution in [1.82, 2.24) is 9.97 Å². The van der Waals surface area contributed by atoms with Crippen molar-refractivity contribution in [2.24, 2.45) is 0 Å². The number of carboxylic acids is 1. The Kier molecular flexibility index (Phi) is 4.17. The molecule has 0 saturated carbocycles. The number of nitriles is 1. The average molecular weight is 310 g/mol. The number of carbonyl (C=O) groups is 1. The molecule has 0 spiro atoms. The third kappa shape index (κ3) is 3.27. The van der Waals surface area contributed by atoms with Crippen molar-refractivity contribution < 1.29 is 14.6 Å². The van der Waals surface area contributed by atoms with E-state index < -0.39 is 5.97 Å². The molecule has 7 heteroatoms. The van der Waals surface area contributed by atoms with Gasteiger partial charge in [-0.2, -0.15) is 5.26 Å². The van der Waals surface area contributed by atoms with Gasteiger partial charge in [-0.25, -0.2) is 14.8 Å². The minimum Gasteiger partial charge on any atom is -0.476 e. The fourth-order valence-corrected chi connectivity index (χ4v) is 2.46. The lowest BCUT2D eigenvalue weighted by Gasteiger charge is -2.33. The first-order valence-electron chi connectivity index (χ1n) is 7.09. The van der Waals surface area contributed by atoms with Crippen molar-refractivity contribution >= 4 is 11.8 Å². The number of aromatic carboxylic acids is 1. The standard InChI is InChI=1S/C16H14N4O3/c17-7-11-2-1-3-12(6-11)14-10-20(4-5-23-14)15-9-18-13(8-19-15)16(21)22/h1-3,6,8-9,14H,4-5,10H2,(H,21,22). The summed E-state index contributed by atoms with van der Waals surface area (Å²) in [4.78, 5) is 20.9.